The Bertz CT molecular complexity index is 338. The van der Waals surface area contributed by atoms with Crippen molar-refractivity contribution in [2.24, 2.45) is 11.8 Å². The lowest BCUT2D eigenvalue weighted by Crippen LogP contribution is -2.38. The Balaban J connectivity index is 1.57. The third-order valence-corrected chi connectivity index (χ3v) is 4.52. The van der Waals surface area contributed by atoms with Gasteiger partial charge < -0.3 is 15.0 Å². The first-order chi connectivity index (χ1) is 9.35. The van der Waals surface area contributed by atoms with Crippen LogP contribution < -0.4 is 5.32 Å². The van der Waals surface area contributed by atoms with E-state index in [1.807, 2.05) is 27.8 Å². The molecule has 2 saturated carbocycles. The second kappa shape index (κ2) is 6.33. The zero-order valence-corrected chi connectivity index (χ0v) is 13.4. The van der Waals surface area contributed by atoms with Gasteiger partial charge in [0.05, 0.1) is 0 Å². The van der Waals surface area contributed by atoms with Crippen LogP contribution in [-0.2, 0) is 4.74 Å². The molecule has 0 aromatic rings. The summed E-state index contributed by atoms with van der Waals surface area (Å²) >= 11 is 0. The smallest absolute Gasteiger partial charge is 0.410 e. The molecule has 4 nitrogen and oxygen atoms in total. The second-order valence-electron chi connectivity index (χ2n) is 7.49. The fourth-order valence-electron chi connectivity index (χ4n) is 3.53. The Morgan fingerprint density at radius 3 is 2.60 bits per heavy atom. The molecule has 3 unspecified atom stereocenters. The Morgan fingerprint density at radius 1 is 1.30 bits per heavy atom. The number of hydrogen-bond acceptors (Lipinski definition) is 3. The normalized spacial score (nSPS) is 28.7. The van der Waals surface area contributed by atoms with Gasteiger partial charge in [0.1, 0.15) is 5.60 Å². The maximum Gasteiger partial charge on any atom is 0.410 e. The molecule has 2 aliphatic carbocycles. The molecule has 1 N–H and O–H groups in total. The topological polar surface area (TPSA) is 41.6 Å². The van der Waals surface area contributed by atoms with E-state index < -0.39 is 5.60 Å². The summed E-state index contributed by atoms with van der Waals surface area (Å²) in [6.07, 6.45) is 6.44. The maximum atomic E-state index is 11.8. The minimum atomic E-state index is -0.410. The van der Waals surface area contributed by atoms with Crippen LogP contribution in [0.15, 0.2) is 0 Å². The molecule has 2 bridgehead atoms. The lowest BCUT2D eigenvalue weighted by molar-refractivity contribution is 0.0297. The van der Waals surface area contributed by atoms with Crippen molar-refractivity contribution >= 4 is 6.09 Å². The van der Waals surface area contributed by atoms with Crippen LogP contribution in [0.3, 0.4) is 0 Å². The molecule has 0 heterocycles. The van der Waals surface area contributed by atoms with Gasteiger partial charge in [-0.05, 0) is 64.8 Å². The Hall–Kier alpha value is -0.770. The van der Waals surface area contributed by atoms with Gasteiger partial charge in [-0.1, -0.05) is 6.42 Å². The van der Waals surface area contributed by atoms with Gasteiger partial charge in [0, 0.05) is 19.6 Å². The molecular weight excluding hydrogens is 252 g/mol. The Labute approximate surface area is 123 Å². The molecule has 2 fully saturated rings. The number of rotatable bonds is 5. The number of hydrogen-bond donors (Lipinski definition) is 1. The monoisotopic (exact) mass is 282 g/mol. The van der Waals surface area contributed by atoms with Crippen LogP contribution in [0.2, 0.25) is 0 Å². The van der Waals surface area contributed by atoms with E-state index in [9.17, 15) is 4.79 Å². The minimum Gasteiger partial charge on any atom is -0.444 e. The number of carbonyl (C=O) groups excluding carboxylic acids is 1. The lowest BCUT2D eigenvalue weighted by atomic mass is 9.95. The molecule has 2 rings (SSSR count). The SMILES string of the molecule is CN(CCCNC1CC2CCC1C2)C(=O)OC(C)(C)C. The highest BCUT2D eigenvalue weighted by Gasteiger charge is 2.38. The van der Waals surface area contributed by atoms with Crippen LogP contribution in [-0.4, -0.2) is 42.8 Å². The van der Waals surface area contributed by atoms with Gasteiger partial charge in [0.15, 0.2) is 0 Å². The number of ether oxygens (including phenoxy) is 1. The second-order valence-corrected chi connectivity index (χ2v) is 7.49. The number of fused-ring (bicyclic) bond motifs is 2. The molecule has 0 radical (unpaired) electrons. The summed E-state index contributed by atoms with van der Waals surface area (Å²) in [6, 6.07) is 0.737. The molecule has 0 aliphatic heterocycles. The highest BCUT2D eigenvalue weighted by Crippen LogP contribution is 2.44. The van der Waals surface area contributed by atoms with Crippen LogP contribution >= 0.6 is 0 Å². The summed E-state index contributed by atoms with van der Waals surface area (Å²) in [6.45, 7) is 7.45. The number of carbonyl (C=O) groups is 1. The van der Waals surface area contributed by atoms with E-state index >= 15 is 0 Å². The first-order valence-electron chi connectivity index (χ1n) is 8.02. The molecule has 4 heteroatoms. The maximum absolute atomic E-state index is 11.8. The molecule has 20 heavy (non-hydrogen) atoms. The summed E-state index contributed by atoms with van der Waals surface area (Å²) in [5, 5.41) is 3.68. The average Bonchev–Trinajstić information content (AvgIpc) is 2.94. The van der Waals surface area contributed by atoms with Gasteiger partial charge in [-0.15, -0.1) is 0 Å². The molecular formula is C16H30N2O2. The molecule has 0 saturated heterocycles. The van der Waals surface area contributed by atoms with Crippen LogP contribution in [0.5, 0.6) is 0 Å². The van der Waals surface area contributed by atoms with Crippen LogP contribution in [0.1, 0.15) is 52.9 Å². The van der Waals surface area contributed by atoms with E-state index in [1.165, 1.54) is 25.7 Å². The van der Waals surface area contributed by atoms with Crippen molar-refractivity contribution in [3.05, 3.63) is 0 Å². The lowest BCUT2D eigenvalue weighted by Gasteiger charge is -2.26. The zero-order chi connectivity index (χ0) is 14.8. The van der Waals surface area contributed by atoms with E-state index in [2.05, 4.69) is 5.32 Å². The quantitative estimate of drug-likeness (QED) is 0.788. The predicted molar refractivity (Wildman–Crippen MR) is 80.7 cm³/mol. The van der Waals surface area contributed by atoms with Crippen LogP contribution in [0.4, 0.5) is 4.79 Å². The van der Waals surface area contributed by atoms with Crippen LogP contribution in [0.25, 0.3) is 0 Å². The summed E-state index contributed by atoms with van der Waals surface area (Å²) < 4.78 is 5.34. The number of nitrogens with zero attached hydrogens (tertiary/aromatic N) is 1. The summed E-state index contributed by atoms with van der Waals surface area (Å²) in [5.74, 6) is 1.91. The van der Waals surface area contributed by atoms with Crippen molar-refractivity contribution in [1.29, 1.82) is 0 Å². The summed E-state index contributed by atoms with van der Waals surface area (Å²) in [7, 11) is 1.81. The van der Waals surface area contributed by atoms with E-state index in [0.29, 0.717) is 0 Å². The van der Waals surface area contributed by atoms with E-state index in [1.54, 1.807) is 4.90 Å². The molecule has 116 valence electrons. The van der Waals surface area contributed by atoms with Crippen molar-refractivity contribution in [2.45, 2.75) is 64.5 Å². The fourth-order valence-corrected chi connectivity index (χ4v) is 3.53. The number of nitrogens with one attached hydrogen (secondary N) is 1. The highest BCUT2D eigenvalue weighted by atomic mass is 16.6. The van der Waals surface area contributed by atoms with Crippen molar-refractivity contribution in [3.63, 3.8) is 0 Å². The van der Waals surface area contributed by atoms with Gasteiger partial charge in [-0.2, -0.15) is 0 Å². The standard InChI is InChI=1S/C16H30N2O2/c1-16(2,3)20-15(19)18(4)9-5-8-17-14-11-12-6-7-13(14)10-12/h12-14,17H,5-11H2,1-4H3. The molecule has 0 aromatic heterocycles. The fraction of sp³-hybridized carbons (Fsp3) is 0.938. The van der Waals surface area contributed by atoms with Gasteiger partial charge in [0.2, 0.25) is 0 Å². The first kappa shape index (κ1) is 15.6. The van der Waals surface area contributed by atoms with Crippen LogP contribution in [0, 0.1) is 11.8 Å². The first-order valence-corrected chi connectivity index (χ1v) is 8.02. The van der Waals surface area contributed by atoms with Gasteiger partial charge >= 0.3 is 6.09 Å². The van der Waals surface area contributed by atoms with Gasteiger partial charge in [0.25, 0.3) is 0 Å². The largest absolute Gasteiger partial charge is 0.444 e. The van der Waals surface area contributed by atoms with E-state index in [-0.39, 0.29) is 6.09 Å². The molecule has 0 spiro atoms. The molecule has 3 atom stereocenters. The number of amides is 1. The molecule has 0 aromatic carbocycles. The summed E-state index contributed by atoms with van der Waals surface area (Å²) in [5.41, 5.74) is -0.410. The van der Waals surface area contributed by atoms with Crippen molar-refractivity contribution in [3.8, 4) is 0 Å². The summed E-state index contributed by atoms with van der Waals surface area (Å²) in [4.78, 5) is 13.5. The predicted octanol–water partition coefficient (Wildman–Crippen LogP) is 3.02. The van der Waals surface area contributed by atoms with Crippen molar-refractivity contribution < 1.29 is 9.53 Å². The van der Waals surface area contributed by atoms with Gasteiger partial charge in [-0.3, -0.25) is 0 Å². The van der Waals surface area contributed by atoms with Gasteiger partial charge in [-0.25, -0.2) is 4.79 Å². The Morgan fingerprint density at radius 2 is 2.05 bits per heavy atom. The highest BCUT2D eigenvalue weighted by molar-refractivity contribution is 5.67. The van der Waals surface area contributed by atoms with Crippen molar-refractivity contribution in [2.75, 3.05) is 20.1 Å². The zero-order valence-electron chi connectivity index (χ0n) is 13.4. The third-order valence-electron chi connectivity index (χ3n) is 4.52. The third kappa shape index (κ3) is 4.37. The van der Waals surface area contributed by atoms with E-state index in [4.69, 9.17) is 4.74 Å². The molecule has 2 aliphatic rings. The average molecular weight is 282 g/mol. The molecule has 1 amide bonds. The minimum absolute atomic E-state index is 0.225. The van der Waals surface area contributed by atoms with E-state index in [0.717, 1.165) is 37.4 Å². The van der Waals surface area contributed by atoms with Crippen molar-refractivity contribution in [1.82, 2.24) is 10.2 Å². The Kier molecular flexibility index (Phi) is 4.95.